The predicted molar refractivity (Wildman–Crippen MR) is 119 cm³/mol. The highest BCUT2D eigenvalue weighted by Crippen LogP contribution is 2.43. The summed E-state index contributed by atoms with van der Waals surface area (Å²) in [5.74, 6) is -0.216. The van der Waals surface area contributed by atoms with Crippen LogP contribution >= 0.6 is 22.9 Å². The average Bonchev–Trinajstić information content (AvgIpc) is 3.09. The highest BCUT2D eigenvalue weighted by atomic mass is 35.5. The summed E-state index contributed by atoms with van der Waals surface area (Å²) in [6.45, 7) is 8.97. The Bertz CT molecular complexity index is 1040. The van der Waals surface area contributed by atoms with Crippen molar-refractivity contribution in [2.24, 2.45) is 10.7 Å². The summed E-state index contributed by atoms with van der Waals surface area (Å²) < 4.78 is 41.0. The molecule has 0 fully saturated rings. The van der Waals surface area contributed by atoms with Crippen molar-refractivity contribution < 1.29 is 13.2 Å². The highest BCUT2D eigenvalue weighted by molar-refractivity contribution is 7.16. The Hall–Kier alpha value is -2.51. The summed E-state index contributed by atoms with van der Waals surface area (Å²) in [5, 5.41) is 0. The first-order chi connectivity index (χ1) is 14.2. The van der Waals surface area contributed by atoms with E-state index < -0.39 is 11.9 Å². The maximum atomic E-state index is 13.4. The number of rotatable bonds is 5. The lowest BCUT2D eigenvalue weighted by Gasteiger charge is -2.35. The van der Waals surface area contributed by atoms with Crippen LogP contribution in [0.5, 0.6) is 0 Å². The molecule has 2 heterocycles. The lowest BCUT2D eigenvalue weighted by atomic mass is 9.83. The van der Waals surface area contributed by atoms with Gasteiger partial charge in [0.25, 0.3) is 0 Å². The van der Waals surface area contributed by atoms with Crippen LogP contribution in [0.2, 0.25) is 4.34 Å². The zero-order valence-corrected chi connectivity index (χ0v) is 17.9. The summed E-state index contributed by atoms with van der Waals surface area (Å²) in [5.41, 5.74) is 7.05. The van der Waals surface area contributed by atoms with Crippen LogP contribution in [0.4, 0.5) is 13.2 Å². The van der Waals surface area contributed by atoms with Crippen LogP contribution in [0.1, 0.15) is 27.5 Å². The molecule has 30 heavy (non-hydrogen) atoms. The first kappa shape index (κ1) is 22.2. The molecule has 1 aromatic carbocycles. The lowest BCUT2D eigenvalue weighted by molar-refractivity contribution is -0.0918. The van der Waals surface area contributed by atoms with E-state index in [1.54, 1.807) is 24.3 Å². The van der Waals surface area contributed by atoms with Crippen molar-refractivity contribution in [2.45, 2.75) is 18.6 Å². The van der Waals surface area contributed by atoms with Crippen molar-refractivity contribution in [2.75, 3.05) is 13.6 Å². The van der Waals surface area contributed by atoms with Gasteiger partial charge in [-0.2, -0.15) is 13.2 Å². The third-order valence-electron chi connectivity index (χ3n) is 5.05. The Labute approximate surface area is 182 Å². The molecule has 1 aliphatic rings. The SMILES string of the molecule is C=CC(=C)N1Cc2sc(Cl)cc2C(c2ccccc2/C(C=NC)=C(/N)C(F)(F)F)C1. The van der Waals surface area contributed by atoms with E-state index in [9.17, 15) is 13.2 Å². The summed E-state index contributed by atoms with van der Waals surface area (Å²) in [6, 6.07) is 8.85. The van der Waals surface area contributed by atoms with Gasteiger partial charge in [-0.05, 0) is 28.8 Å². The Morgan fingerprint density at radius 2 is 2.03 bits per heavy atom. The van der Waals surface area contributed by atoms with Gasteiger partial charge in [0.1, 0.15) is 5.70 Å². The molecule has 2 aromatic rings. The van der Waals surface area contributed by atoms with E-state index in [1.807, 2.05) is 17.0 Å². The van der Waals surface area contributed by atoms with E-state index in [0.29, 0.717) is 23.0 Å². The molecule has 1 aliphatic heterocycles. The number of aliphatic imine (C=N–C) groups is 1. The van der Waals surface area contributed by atoms with Gasteiger partial charge in [-0.15, -0.1) is 11.3 Å². The van der Waals surface area contributed by atoms with Gasteiger partial charge < -0.3 is 10.6 Å². The van der Waals surface area contributed by atoms with E-state index >= 15 is 0 Å². The number of fused-ring (bicyclic) bond motifs is 1. The van der Waals surface area contributed by atoms with Gasteiger partial charge in [0.2, 0.25) is 0 Å². The molecule has 158 valence electrons. The maximum absolute atomic E-state index is 13.4. The molecular weight excluding hydrogens is 431 g/mol. The summed E-state index contributed by atoms with van der Waals surface area (Å²) >= 11 is 7.75. The van der Waals surface area contributed by atoms with Crippen molar-refractivity contribution in [3.63, 3.8) is 0 Å². The second-order valence-corrected chi connectivity index (χ2v) is 8.63. The number of hydrogen-bond donors (Lipinski definition) is 1. The van der Waals surface area contributed by atoms with Crippen LogP contribution in [-0.4, -0.2) is 30.9 Å². The first-order valence-electron chi connectivity index (χ1n) is 9.10. The van der Waals surface area contributed by atoms with Crippen LogP contribution in [0.3, 0.4) is 0 Å². The normalized spacial score (nSPS) is 17.6. The lowest BCUT2D eigenvalue weighted by Crippen LogP contribution is -2.32. The first-order valence-corrected chi connectivity index (χ1v) is 10.3. The molecule has 0 spiro atoms. The van der Waals surface area contributed by atoms with E-state index in [1.165, 1.54) is 18.4 Å². The molecule has 0 radical (unpaired) electrons. The van der Waals surface area contributed by atoms with E-state index in [2.05, 4.69) is 18.2 Å². The molecule has 0 saturated carbocycles. The third kappa shape index (κ3) is 4.32. The molecule has 1 atom stereocenters. The van der Waals surface area contributed by atoms with Crippen molar-refractivity contribution in [3.8, 4) is 0 Å². The molecule has 1 aromatic heterocycles. The van der Waals surface area contributed by atoms with Gasteiger partial charge in [0, 0.05) is 41.9 Å². The molecule has 0 aliphatic carbocycles. The van der Waals surface area contributed by atoms with Crippen LogP contribution in [0.15, 0.2) is 66.0 Å². The number of allylic oxidation sites excluding steroid dienone is 3. The van der Waals surface area contributed by atoms with Gasteiger partial charge in [-0.3, -0.25) is 4.99 Å². The largest absolute Gasteiger partial charge is 0.431 e. The maximum Gasteiger partial charge on any atom is 0.431 e. The number of nitrogens with two attached hydrogens (primary N) is 1. The molecule has 0 saturated heterocycles. The summed E-state index contributed by atoms with van der Waals surface area (Å²) in [4.78, 5) is 6.92. The van der Waals surface area contributed by atoms with Gasteiger partial charge in [0.15, 0.2) is 0 Å². The Morgan fingerprint density at radius 3 is 2.67 bits per heavy atom. The zero-order chi connectivity index (χ0) is 22.1. The van der Waals surface area contributed by atoms with E-state index in [-0.39, 0.29) is 11.5 Å². The molecule has 0 amide bonds. The van der Waals surface area contributed by atoms with Crippen LogP contribution in [0.25, 0.3) is 5.57 Å². The standard InChI is InChI=1S/C22H21ClF3N3S/c1-4-13(2)29-11-18(16-9-20(23)30-19(16)12-29)15-8-6-5-7-14(15)17(10-28-3)21(27)22(24,25)26/h4-10,18H,1-2,11-12,27H2,3H3/b21-17+,28-10?. The number of hydrogen-bond acceptors (Lipinski definition) is 4. The van der Waals surface area contributed by atoms with Crippen molar-refractivity contribution in [1.82, 2.24) is 4.90 Å². The topological polar surface area (TPSA) is 41.6 Å². The molecule has 3 rings (SSSR count). The number of halogens is 4. The molecule has 1 unspecified atom stereocenters. The second-order valence-electron chi connectivity index (χ2n) is 6.86. The molecule has 0 bridgehead atoms. The molecule has 8 heteroatoms. The van der Waals surface area contributed by atoms with Crippen LogP contribution < -0.4 is 5.73 Å². The van der Waals surface area contributed by atoms with Crippen molar-refractivity contribution in [1.29, 1.82) is 0 Å². The van der Waals surface area contributed by atoms with Crippen LogP contribution in [-0.2, 0) is 6.54 Å². The Balaban J connectivity index is 2.22. The third-order valence-corrected chi connectivity index (χ3v) is 6.31. The average molecular weight is 452 g/mol. The molecule has 2 N–H and O–H groups in total. The van der Waals surface area contributed by atoms with Gasteiger partial charge in [-0.25, -0.2) is 0 Å². The van der Waals surface area contributed by atoms with E-state index in [0.717, 1.165) is 27.9 Å². The predicted octanol–water partition coefficient (Wildman–Crippen LogP) is 5.98. The van der Waals surface area contributed by atoms with E-state index in [4.69, 9.17) is 17.3 Å². The number of thiophene rings is 1. The number of alkyl halides is 3. The van der Waals surface area contributed by atoms with Crippen molar-refractivity contribution >= 4 is 34.7 Å². The van der Waals surface area contributed by atoms with Crippen LogP contribution in [0, 0.1) is 0 Å². The smallest absolute Gasteiger partial charge is 0.394 e. The minimum absolute atomic E-state index is 0.150. The Morgan fingerprint density at radius 1 is 1.33 bits per heavy atom. The quantitative estimate of drug-likeness (QED) is 0.448. The second kappa shape index (κ2) is 8.70. The van der Waals surface area contributed by atoms with Gasteiger partial charge in [0.05, 0.1) is 10.9 Å². The zero-order valence-electron chi connectivity index (χ0n) is 16.3. The fourth-order valence-corrected chi connectivity index (χ4v) is 4.97. The minimum Gasteiger partial charge on any atom is -0.394 e. The minimum atomic E-state index is -4.67. The Kier molecular flexibility index (Phi) is 6.43. The van der Waals surface area contributed by atoms with Crippen molar-refractivity contribution in [3.05, 3.63) is 86.9 Å². The summed E-state index contributed by atoms with van der Waals surface area (Å²) in [7, 11) is 1.42. The number of benzene rings is 1. The fraction of sp³-hybridized carbons (Fsp3) is 0.227. The van der Waals surface area contributed by atoms with Gasteiger partial charge in [-0.1, -0.05) is 49.0 Å². The molecule has 3 nitrogen and oxygen atoms in total. The monoisotopic (exact) mass is 451 g/mol. The number of nitrogens with zero attached hydrogens (tertiary/aromatic N) is 2. The van der Waals surface area contributed by atoms with Gasteiger partial charge >= 0.3 is 6.18 Å². The molecular formula is C22H21ClF3N3S. The highest BCUT2D eigenvalue weighted by Gasteiger charge is 2.36. The fourth-order valence-electron chi connectivity index (χ4n) is 3.61. The summed E-state index contributed by atoms with van der Waals surface area (Å²) in [6.07, 6.45) is -1.84.